The van der Waals surface area contributed by atoms with Gasteiger partial charge in [0.1, 0.15) is 5.75 Å². The first kappa shape index (κ1) is 15.1. The van der Waals surface area contributed by atoms with Crippen LogP contribution in [0, 0.1) is 0 Å². The van der Waals surface area contributed by atoms with E-state index in [1.54, 1.807) is 14.2 Å². The molecule has 0 radical (unpaired) electrons. The minimum Gasteiger partial charge on any atom is -0.496 e. The van der Waals surface area contributed by atoms with E-state index in [9.17, 15) is 4.79 Å². The summed E-state index contributed by atoms with van der Waals surface area (Å²) in [7, 11) is 3.25. The molecule has 0 aromatic heterocycles. The molecule has 4 heteroatoms. The predicted molar refractivity (Wildman–Crippen MR) is 82.5 cm³/mol. The smallest absolute Gasteiger partial charge is 0.228 e. The highest BCUT2D eigenvalue weighted by Gasteiger charge is 2.08. The van der Waals surface area contributed by atoms with Gasteiger partial charge in [0.15, 0.2) is 0 Å². The minimum atomic E-state index is -0.0749. The van der Waals surface area contributed by atoms with E-state index >= 15 is 0 Å². The van der Waals surface area contributed by atoms with Gasteiger partial charge in [0.2, 0.25) is 5.91 Å². The second-order valence-electron chi connectivity index (χ2n) is 4.67. The Morgan fingerprint density at radius 3 is 2.67 bits per heavy atom. The second kappa shape index (κ2) is 7.45. The molecule has 1 N–H and O–H groups in total. The molecule has 0 saturated heterocycles. The molecule has 2 aromatic rings. The largest absolute Gasteiger partial charge is 0.496 e. The van der Waals surface area contributed by atoms with Crippen LogP contribution in [-0.2, 0) is 22.6 Å². The molecule has 4 nitrogen and oxygen atoms in total. The fraction of sp³-hybridized carbons (Fsp3) is 0.235. The first-order valence-electron chi connectivity index (χ1n) is 6.72. The Kier molecular flexibility index (Phi) is 5.35. The van der Waals surface area contributed by atoms with Crippen LogP contribution in [0.4, 0.5) is 5.69 Å². The van der Waals surface area contributed by atoms with Gasteiger partial charge in [0, 0.05) is 18.4 Å². The van der Waals surface area contributed by atoms with Crippen molar-refractivity contribution in [3.05, 3.63) is 59.7 Å². The van der Waals surface area contributed by atoms with Crippen molar-refractivity contribution in [2.24, 2.45) is 0 Å². The molecule has 0 aliphatic rings. The maximum atomic E-state index is 12.1. The summed E-state index contributed by atoms with van der Waals surface area (Å²) in [6.45, 7) is 0.524. The average molecular weight is 285 g/mol. The van der Waals surface area contributed by atoms with Crippen LogP contribution < -0.4 is 10.1 Å². The Hall–Kier alpha value is -2.33. The van der Waals surface area contributed by atoms with Crippen molar-refractivity contribution < 1.29 is 14.3 Å². The summed E-state index contributed by atoms with van der Waals surface area (Å²) in [5.41, 5.74) is 2.66. The highest BCUT2D eigenvalue weighted by Crippen LogP contribution is 2.18. The molecule has 1 amide bonds. The number of hydrogen-bond acceptors (Lipinski definition) is 3. The molecule has 0 unspecified atom stereocenters. The lowest BCUT2D eigenvalue weighted by Crippen LogP contribution is -2.15. The first-order chi connectivity index (χ1) is 10.2. The molecule has 2 rings (SSSR count). The Balaban J connectivity index is 2.03. The number of anilines is 1. The van der Waals surface area contributed by atoms with E-state index in [4.69, 9.17) is 9.47 Å². The lowest BCUT2D eigenvalue weighted by atomic mass is 10.1. The highest BCUT2D eigenvalue weighted by molar-refractivity contribution is 5.92. The van der Waals surface area contributed by atoms with E-state index in [1.807, 2.05) is 48.5 Å². The van der Waals surface area contributed by atoms with Gasteiger partial charge < -0.3 is 14.8 Å². The Labute approximate surface area is 124 Å². The third-order valence-corrected chi connectivity index (χ3v) is 3.07. The Morgan fingerprint density at radius 2 is 1.90 bits per heavy atom. The SMILES string of the molecule is COCc1cccc(NC(=O)Cc2ccccc2OC)c1. The van der Waals surface area contributed by atoms with Gasteiger partial charge in [-0.3, -0.25) is 4.79 Å². The molecule has 0 atom stereocenters. The van der Waals surface area contributed by atoms with Gasteiger partial charge in [-0.2, -0.15) is 0 Å². The molecular formula is C17H19NO3. The monoisotopic (exact) mass is 285 g/mol. The van der Waals surface area contributed by atoms with Crippen molar-refractivity contribution in [3.8, 4) is 5.75 Å². The van der Waals surface area contributed by atoms with Crippen LogP contribution in [0.1, 0.15) is 11.1 Å². The second-order valence-corrected chi connectivity index (χ2v) is 4.67. The van der Waals surface area contributed by atoms with Crippen molar-refractivity contribution >= 4 is 11.6 Å². The van der Waals surface area contributed by atoms with Gasteiger partial charge >= 0.3 is 0 Å². The summed E-state index contributed by atoms with van der Waals surface area (Å²) >= 11 is 0. The van der Waals surface area contributed by atoms with Crippen molar-refractivity contribution in [1.29, 1.82) is 0 Å². The van der Waals surface area contributed by atoms with Crippen LogP contribution in [0.5, 0.6) is 5.75 Å². The number of methoxy groups -OCH3 is 2. The van der Waals surface area contributed by atoms with E-state index in [0.29, 0.717) is 6.61 Å². The standard InChI is InChI=1S/C17H19NO3/c1-20-12-13-6-5-8-15(10-13)18-17(19)11-14-7-3-4-9-16(14)21-2/h3-10H,11-12H2,1-2H3,(H,18,19). The fourth-order valence-corrected chi connectivity index (χ4v) is 2.13. The van der Waals surface area contributed by atoms with Crippen LogP contribution in [0.2, 0.25) is 0 Å². The minimum absolute atomic E-state index is 0.0749. The van der Waals surface area contributed by atoms with Crippen LogP contribution in [0.25, 0.3) is 0 Å². The topological polar surface area (TPSA) is 47.6 Å². The third-order valence-electron chi connectivity index (χ3n) is 3.07. The zero-order valence-electron chi connectivity index (χ0n) is 12.3. The summed E-state index contributed by atoms with van der Waals surface area (Å²) in [5, 5.41) is 2.89. The van der Waals surface area contributed by atoms with E-state index in [2.05, 4.69) is 5.32 Å². The summed E-state index contributed by atoms with van der Waals surface area (Å²) in [5.74, 6) is 0.648. The number of benzene rings is 2. The number of hydrogen-bond donors (Lipinski definition) is 1. The lowest BCUT2D eigenvalue weighted by Gasteiger charge is -2.09. The van der Waals surface area contributed by atoms with Gasteiger partial charge in [-0.05, 0) is 23.8 Å². The maximum Gasteiger partial charge on any atom is 0.228 e. The van der Waals surface area contributed by atoms with Gasteiger partial charge in [0.25, 0.3) is 0 Å². The number of ether oxygens (including phenoxy) is 2. The molecular weight excluding hydrogens is 266 g/mol. The summed E-state index contributed by atoms with van der Waals surface area (Å²) < 4.78 is 10.3. The Bertz CT molecular complexity index is 610. The number of carbonyl (C=O) groups is 1. The predicted octanol–water partition coefficient (Wildman–Crippen LogP) is 3.02. The summed E-state index contributed by atoms with van der Waals surface area (Å²) in [6.07, 6.45) is 0.276. The quantitative estimate of drug-likeness (QED) is 0.887. The van der Waals surface area contributed by atoms with Crippen LogP contribution in [-0.4, -0.2) is 20.1 Å². The molecule has 0 saturated carbocycles. The van der Waals surface area contributed by atoms with E-state index in [0.717, 1.165) is 22.6 Å². The Morgan fingerprint density at radius 1 is 1.10 bits per heavy atom. The molecule has 110 valence electrons. The highest BCUT2D eigenvalue weighted by atomic mass is 16.5. The molecule has 0 bridgehead atoms. The number of rotatable bonds is 6. The summed E-state index contributed by atoms with van der Waals surface area (Å²) in [6, 6.07) is 15.1. The average Bonchev–Trinajstić information content (AvgIpc) is 2.48. The zero-order valence-corrected chi connectivity index (χ0v) is 12.3. The maximum absolute atomic E-state index is 12.1. The first-order valence-corrected chi connectivity index (χ1v) is 6.72. The zero-order chi connectivity index (χ0) is 15.1. The molecule has 0 fully saturated rings. The summed E-state index contributed by atoms with van der Waals surface area (Å²) in [4.78, 5) is 12.1. The number of nitrogens with one attached hydrogen (secondary N) is 1. The fourth-order valence-electron chi connectivity index (χ4n) is 2.13. The molecule has 0 heterocycles. The number of amides is 1. The number of carbonyl (C=O) groups excluding carboxylic acids is 1. The number of para-hydroxylation sites is 1. The van der Waals surface area contributed by atoms with Gasteiger partial charge in [0.05, 0.1) is 20.1 Å². The van der Waals surface area contributed by atoms with Gasteiger partial charge in [-0.25, -0.2) is 0 Å². The molecule has 21 heavy (non-hydrogen) atoms. The molecule has 0 spiro atoms. The van der Waals surface area contributed by atoms with Crippen molar-refractivity contribution in [1.82, 2.24) is 0 Å². The van der Waals surface area contributed by atoms with Crippen LogP contribution >= 0.6 is 0 Å². The van der Waals surface area contributed by atoms with Gasteiger partial charge in [-0.15, -0.1) is 0 Å². The molecule has 0 aliphatic carbocycles. The van der Waals surface area contributed by atoms with Crippen LogP contribution in [0.3, 0.4) is 0 Å². The normalized spacial score (nSPS) is 10.2. The van der Waals surface area contributed by atoms with E-state index in [-0.39, 0.29) is 12.3 Å². The van der Waals surface area contributed by atoms with Gasteiger partial charge in [-0.1, -0.05) is 30.3 Å². The van der Waals surface area contributed by atoms with E-state index < -0.39 is 0 Å². The van der Waals surface area contributed by atoms with E-state index in [1.165, 1.54) is 0 Å². The third kappa shape index (κ3) is 4.33. The van der Waals surface area contributed by atoms with Crippen LogP contribution in [0.15, 0.2) is 48.5 Å². The van der Waals surface area contributed by atoms with Crippen molar-refractivity contribution in [3.63, 3.8) is 0 Å². The van der Waals surface area contributed by atoms with Crippen molar-refractivity contribution in [2.75, 3.05) is 19.5 Å². The lowest BCUT2D eigenvalue weighted by molar-refractivity contribution is -0.115. The van der Waals surface area contributed by atoms with Crippen molar-refractivity contribution in [2.45, 2.75) is 13.0 Å². The molecule has 0 aliphatic heterocycles. The molecule has 2 aromatic carbocycles.